The molecule has 0 N–H and O–H groups in total. The quantitative estimate of drug-likeness (QED) is 0.750. The van der Waals surface area contributed by atoms with E-state index in [-0.39, 0.29) is 17.1 Å². The number of ketones is 1. The molecule has 0 bridgehead atoms. The highest BCUT2D eigenvalue weighted by Crippen LogP contribution is 2.45. The Labute approximate surface area is 116 Å². The fourth-order valence-corrected chi connectivity index (χ4v) is 3.12. The topological polar surface area (TPSA) is 26.3 Å². The minimum Gasteiger partial charge on any atom is -0.493 e. The smallest absolute Gasteiger partial charge is 0.170 e. The van der Waals surface area contributed by atoms with E-state index in [9.17, 15) is 4.79 Å². The minimum absolute atomic E-state index is 0.115. The molecule has 1 fully saturated rings. The first-order valence-corrected chi connectivity index (χ1v) is 7.23. The summed E-state index contributed by atoms with van der Waals surface area (Å²) in [4.78, 5) is 12.8. The second-order valence-corrected chi connectivity index (χ2v) is 6.23. The molecule has 2 heteroatoms. The Balaban J connectivity index is 2.35. The van der Waals surface area contributed by atoms with Crippen LogP contribution in [0.5, 0.6) is 5.75 Å². The average molecular weight is 260 g/mol. The van der Waals surface area contributed by atoms with Crippen molar-refractivity contribution in [3.8, 4) is 5.75 Å². The summed E-state index contributed by atoms with van der Waals surface area (Å²) in [6.07, 6.45) is 3.30. The summed E-state index contributed by atoms with van der Waals surface area (Å²) in [5.41, 5.74) is 1.99. The van der Waals surface area contributed by atoms with Crippen molar-refractivity contribution in [3.05, 3.63) is 29.3 Å². The van der Waals surface area contributed by atoms with Crippen molar-refractivity contribution in [3.63, 3.8) is 0 Å². The molecule has 1 saturated carbocycles. The standard InChI is InChI=1S/C17H24O2/c1-5-19-15-9-8-12(2)11-13(15)16(18)14-7-6-10-17(14,3)4/h8-9,11,14H,5-7,10H2,1-4H3. The molecule has 0 aliphatic heterocycles. The Morgan fingerprint density at radius 2 is 2.16 bits per heavy atom. The number of benzene rings is 1. The van der Waals surface area contributed by atoms with Crippen molar-refractivity contribution in [2.45, 2.75) is 47.0 Å². The Bertz CT molecular complexity index is 474. The first-order valence-electron chi connectivity index (χ1n) is 7.23. The summed E-state index contributed by atoms with van der Waals surface area (Å²) in [5.74, 6) is 1.13. The molecule has 19 heavy (non-hydrogen) atoms. The third-order valence-corrected chi connectivity index (χ3v) is 4.27. The van der Waals surface area contributed by atoms with E-state index < -0.39 is 0 Å². The highest BCUT2D eigenvalue weighted by molar-refractivity contribution is 6.01. The zero-order valence-electron chi connectivity index (χ0n) is 12.5. The van der Waals surface area contributed by atoms with Gasteiger partial charge in [0.1, 0.15) is 5.75 Å². The lowest BCUT2D eigenvalue weighted by Gasteiger charge is -2.26. The maximum Gasteiger partial charge on any atom is 0.170 e. The molecule has 0 saturated heterocycles. The fraction of sp³-hybridized carbons (Fsp3) is 0.588. The predicted octanol–water partition coefficient (Wildman–Crippen LogP) is 4.40. The molecule has 1 aromatic carbocycles. The van der Waals surface area contributed by atoms with Crippen LogP contribution in [0, 0.1) is 18.3 Å². The van der Waals surface area contributed by atoms with Gasteiger partial charge in [0.25, 0.3) is 0 Å². The molecule has 1 unspecified atom stereocenters. The van der Waals surface area contributed by atoms with Crippen LogP contribution in [-0.2, 0) is 0 Å². The minimum atomic E-state index is 0.115. The van der Waals surface area contributed by atoms with Crippen LogP contribution in [0.25, 0.3) is 0 Å². The summed E-state index contributed by atoms with van der Waals surface area (Å²) < 4.78 is 5.62. The van der Waals surface area contributed by atoms with Crippen LogP contribution in [0.3, 0.4) is 0 Å². The number of rotatable bonds is 4. The lowest BCUT2D eigenvalue weighted by molar-refractivity contribution is 0.0835. The number of carbonyl (C=O) groups excluding carboxylic acids is 1. The van der Waals surface area contributed by atoms with Crippen LogP contribution >= 0.6 is 0 Å². The van der Waals surface area contributed by atoms with Crippen LogP contribution in [0.4, 0.5) is 0 Å². The van der Waals surface area contributed by atoms with E-state index in [0.29, 0.717) is 6.61 Å². The molecule has 104 valence electrons. The molecular weight excluding hydrogens is 236 g/mol. The van der Waals surface area contributed by atoms with Gasteiger partial charge in [-0.15, -0.1) is 0 Å². The highest BCUT2D eigenvalue weighted by atomic mass is 16.5. The highest BCUT2D eigenvalue weighted by Gasteiger charge is 2.40. The van der Waals surface area contributed by atoms with Crippen molar-refractivity contribution in [2.24, 2.45) is 11.3 Å². The Kier molecular flexibility index (Phi) is 3.98. The van der Waals surface area contributed by atoms with E-state index in [1.165, 1.54) is 0 Å². The number of hydrogen-bond donors (Lipinski definition) is 0. The molecular formula is C17H24O2. The average Bonchev–Trinajstić information content (AvgIpc) is 2.70. The third kappa shape index (κ3) is 2.83. The Morgan fingerprint density at radius 1 is 1.42 bits per heavy atom. The first-order chi connectivity index (χ1) is 8.95. The van der Waals surface area contributed by atoms with Gasteiger partial charge in [-0.25, -0.2) is 0 Å². The maximum absolute atomic E-state index is 12.8. The van der Waals surface area contributed by atoms with Gasteiger partial charge in [0.05, 0.1) is 12.2 Å². The van der Waals surface area contributed by atoms with Crippen molar-refractivity contribution >= 4 is 5.78 Å². The van der Waals surface area contributed by atoms with Crippen LogP contribution in [0.2, 0.25) is 0 Å². The van der Waals surface area contributed by atoms with Crippen molar-refractivity contribution < 1.29 is 9.53 Å². The van der Waals surface area contributed by atoms with E-state index in [2.05, 4.69) is 13.8 Å². The molecule has 1 aromatic rings. The Hall–Kier alpha value is -1.31. The van der Waals surface area contributed by atoms with E-state index >= 15 is 0 Å². The van der Waals surface area contributed by atoms with Crippen LogP contribution in [0.1, 0.15) is 56.0 Å². The van der Waals surface area contributed by atoms with E-state index in [4.69, 9.17) is 4.74 Å². The van der Waals surface area contributed by atoms with Gasteiger partial charge < -0.3 is 4.74 Å². The van der Waals surface area contributed by atoms with Gasteiger partial charge in [-0.2, -0.15) is 0 Å². The summed E-state index contributed by atoms with van der Waals surface area (Å²) in [6.45, 7) is 8.98. The molecule has 0 aromatic heterocycles. The zero-order chi connectivity index (χ0) is 14.0. The zero-order valence-corrected chi connectivity index (χ0v) is 12.5. The van der Waals surface area contributed by atoms with E-state index in [1.807, 2.05) is 32.0 Å². The second-order valence-electron chi connectivity index (χ2n) is 6.23. The van der Waals surface area contributed by atoms with Gasteiger partial charge >= 0.3 is 0 Å². The van der Waals surface area contributed by atoms with Crippen LogP contribution < -0.4 is 4.74 Å². The van der Waals surface area contributed by atoms with Crippen molar-refractivity contribution in [1.29, 1.82) is 0 Å². The summed E-state index contributed by atoms with van der Waals surface area (Å²) in [7, 11) is 0. The largest absolute Gasteiger partial charge is 0.493 e. The Morgan fingerprint density at radius 3 is 2.74 bits per heavy atom. The van der Waals surface area contributed by atoms with Crippen LogP contribution in [0.15, 0.2) is 18.2 Å². The third-order valence-electron chi connectivity index (χ3n) is 4.27. The molecule has 1 aliphatic carbocycles. The second kappa shape index (κ2) is 5.36. The molecule has 1 aliphatic rings. The predicted molar refractivity (Wildman–Crippen MR) is 77.8 cm³/mol. The van der Waals surface area contributed by atoms with E-state index in [0.717, 1.165) is 36.1 Å². The van der Waals surface area contributed by atoms with Crippen LogP contribution in [-0.4, -0.2) is 12.4 Å². The number of Topliss-reactive ketones (excluding diaryl/α,β-unsaturated/α-hetero) is 1. The molecule has 1 atom stereocenters. The summed E-state index contributed by atoms with van der Waals surface area (Å²) >= 11 is 0. The van der Waals surface area contributed by atoms with Crippen molar-refractivity contribution in [1.82, 2.24) is 0 Å². The number of aryl methyl sites for hydroxylation is 1. The van der Waals surface area contributed by atoms with Gasteiger partial charge in [-0.1, -0.05) is 31.9 Å². The van der Waals surface area contributed by atoms with Gasteiger partial charge in [-0.3, -0.25) is 4.79 Å². The van der Waals surface area contributed by atoms with Gasteiger partial charge in [0.2, 0.25) is 0 Å². The monoisotopic (exact) mass is 260 g/mol. The lowest BCUT2D eigenvalue weighted by Crippen LogP contribution is -2.26. The summed E-state index contributed by atoms with van der Waals surface area (Å²) in [5, 5.41) is 0. The molecule has 2 rings (SSSR count). The molecule has 0 spiro atoms. The van der Waals surface area contributed by atoms with Crippen molar-refractivity contribution in [2.75, 3.05) is 6.61 Å². The van der Waals surface area contributed by atoms with E-state index in [1.54, 1.807) is 0 Å². The first kappa shape index (κ1) is 14.1. The lowest BCUT2D eigenvalue weighted by atomic mass is 9.77. The normalized spacial score (nSPS) is 21.4. The summed E-state index contributed by atoms with van der Waals surface area (Å²) in [6, 6.07) is 5.90. The number of carbonyl (C=O) groups is 1. The van der Waals surface area contributed by atoms with Gasteiger partial charge in [-0.05, 0) is 44.2 Å². The SMILES string of the molecule is CCOc1ccc(C)cc1C(=O)C1CCCC1(C)C. The number of ether oxygens (including phenoxy) is 1. The maximum atomic E-state index is 12.8. The molecule has 0 heterocycles. The molecule has 2 nitrogen and oxygen atoms in total. The van der Waals surface area contributed by atoms with Gasteiger partial charge in [0, 0.05) is 5.92 Å². The molecule has 0 amide bonds. The fourth-order valence-electron chi connectivity index (χ4n) is 3.12. The molecule has 0 radical (unpaired) electrons. The number of hydrogen-bond acceptors (Lipinski definition) is 2. The van der Waals surface area contributed by atoms with Gasteiger partial charge in [0.15, 0.2) is 5.78 Å².